The summed E-state index contributed by atoms with van der Waals surface area (Å²) in [6.45, 7) is 3.14. The number of aromatic nitrogens is 3. The SMILES string of the molecule is CCC(CCO)CNc1nc(-c2ccncc2)nc2ccccc12. The number of aliphatic hydroxyl groups excluding tert-OH is 1. The molecule has 0 aliphatic carbocycles. The van der Waals surface area contributed by atoms with E-state index in [4.69, 9.17) is 4.98 Å². The van der Waals surface area contributed by atoms with Crippen LogP contribution in [0.1, 0.15) is 19.8 Å². The van der Waals surface area contributed by atoms with Crippen molar-refractivity contribution in [3.63, 3.8) is 0 Å². The van der Waals surface area contributed by atoms with Gasteiger partial charge >= 0.3 is 0 Å². The molecule has 0 amide bonds. The first-order valence-corrected chi connectivity index (χ1v) is 8.33. The molecule has 0 saturated heterocycles. The van der Waals surface area contributed by atoms with E-state index < -0.39 is 0 Å². The highest BCUT2D eigenvalue weighted by molar-refractivity contribution is 5.90. The van der Waals surface area contributed by atoms with Crippen LogP contribution in [0.3, 0.4) is 0 Å². The zero-order chi connectivity index (χ0) is 16.8. The van der Waals surface area contributed by atoms with Crippen molar-refractivity contribution in [3.8, 4) is 11.4 Å². The van der Waals surface area contributed by atoms with Crippen LogP contribution in [0, 0.1) is 5.92 Å². The Balaban J connectivity index is 1.96. The van der Waals surface area contributed by atoms with Crippen LogP contribution in [0.5, 0.6) is 0 Å². The Morgan fingerprint density at radius 3 is 2.62 bits per heavy atom. The van der Waals surface area contributed by atoms with Gasteiger partial charge in [0.1, 0.15) is 5.82 Å². The minimum Gasteiger partial charge on any atom is -0.396 e. The van der Waals surface area contributed by atoms with E-state index in [2.05, 4.69) is 22.2 Å². The van der Waals surface area contributed by atoms with Gasteiger partial charge in [0, 0.05) is 36.5 Å². The molecule has 2 heterocycles. The molecule has 1 unspecified atom stereocenters. The second-order valence-corrected chi connectivity index (χ2v) is 5.82. The average Bonchev–Trinajstić information content (AvgIpc) is 2.65. The number of anilines is 1. The molecule has 0 aliphatic rings. The van der Waals surface area contributed by atoms with Crippen molar-refractivity contribution in [1.82, 2.24) is 15.0 Å². The maximum absolute atomic E-state index is 9.17. The monoisotopic (exact) mass is 322 g/mol. The first-order chi connectivity index (χ1) is 11.8. The number of para-hydroxylation sites is 1. The first-order valence-electron chi connectivity index (χ1n) is 8.33. The molecule has 24 heavy (non-hydrogen) atoms. The number of nitrogens with one attached hydrogen (secondary N) is 1. The molecule has 0 fully saturated rings. The third-order valence-electron chi connectivity index (χ3n) is 4.21. The van der Waals surface area contributed by atoms with Crippen molar-refractivity contribution in [2.75, 3.05) is 18.5 Å². The topological polar surface area (TPSA) is 70.9 Å². The molecule has 0 saturated carbocycles. The minimum atomic E-state index is 0.215. The van der Waals surface area contributed by atoms with Crippen LogP contribution in [0.15, 0.2) is 48.8 Å². The standard InChI is InChI=1S/C19H22N4O/c1-2-14(9-12-24)13-21-19-16-5-3-4-6-17(16)22-18(23-19)15-7-10-20-11-8-15/h3-8,10-11,14,24H,2,9,12-13H2,1H3,(H,21,22,23). The second kappa shape index (κ2) is 7.84. The molecular weight excluding hydrogens is 300 g/mol. The molecule has 1 atom stereocenters. The number of hydrogen-bond donors (Lipinski definition) is 2. The molecule has 3 aromatic rings. The van der Waals surface area contributed by atoms with Crippen LogP contribution >= 0.6 is 0 Å². The number of aliphatic hydroxyl groups is 1. The maximum Gasteiger partial charge on any atom is 0.162 e. The van der Waals surface area contributed by atoms with Gasteiger partial charge in [0.2, 0.25) is 0 Å². The zero-order valence-electron chi connectivity index (χ0n) is 13.8. The quantitative estimate of drug-likeness (QED) is 0.696. The number of pyridine rings is 1. The Labute approximate surface area is 141 Å². The molecule has 0 spiro atoms. The van der Waals surface area contributed by atoms with Gasteiger partial charge in [-0.05, 0) is 36.6 Å². The van der Waals surface area contributed by atoms with Gasteiger partial charge in [0.15, 0.2) is 5.82 Å². The predicted octanol–water partition coefficient (Wildman–Crippen LogP) is 3.51. The second-order valence-electron chi connectivity index (χ2n) is 5.82. The summed E-state index contributed by atoms with van der Waals surface area (Å²) in [5.74, 6) is 1.95. The third kappa shape index (κ3) is 3.68. The normalized spacial score (nSPS) is 12.2. The summed E-state index contributed by atoms with van der Waals surface area (Å²) < 4.78 is 0. The molecule has 1 aromatic carbocycles. The number of hydrogen-bond acceptors (Lipinski definition) is 5. The fraction of sp³-hybridized carbons (Fsp3) is 0.316. The van der Waals surface area contributed by atoms with Crippen LogP contribution in [-0.4, -0.2) is 33.2 Å². The van der Waals surface area contributed by atoms with Crippen molar-refractivity contribution in [2.24, 2.45) is 5.92 Å². The summed E-state index contributed by atoms with van der Waals surface area (Å²) in [5.41, 5.74) is 1.86. The van der Waals surface area contributed by atoms with Crippen LogP contribution in [0.25, 0.3) is 22.3 Å². The highest BCUT2D eigenvalue weighted by atomic mass is 16.3. The molecule has 0 aliphatic heterocycles. The molecule has 2 N–H and O–H groups in total. The number of nitrogens with zero attached hydrogens (tertiary/aromatic N) is 3. The zero-order valence-corrected chi connectivity index (χ0v) is 13.8. The molecule has 5 heteroatoms. The van der Waals surface area contributed by atoms with Crippen molar-refractivity contribution < 1.29 is 5.11 Å². The smallest absolute Gasteiger partial charge is 0.162 e. The fourth-order valence-electron chi connectivity index (χ4n) is 2.72. The van der Waals surface area contributed by atoms with Gasteiger partial charge in [-0.25, -0.2) is 9.97 Å². The molecular formula is C19H22N4O. The maximum atomic E-state index is 9.17. The van der Waals surface area contributed by atoms with Crippen molar-refractivity contribution >= 4 is 16.7 Å². The highest BCUT2D eigenvalue weighted by Gasteiger charge is 2.11. The van der Waals surface area contributed by atoms with Gasteiger partial charge < -0.3 is 10.4 Å². The average molecular weight is 322 g/mol. The summed E-state index contributed by atoms with van der Waals surface area (Å²) in [6.07, 6.45) is 5.31. The molecule has 124 valence electrons. The summed E-state index contributed by atoms with van der Waals surface area (Å²) in [7, 11) is 0. The van der Waals surface area contributed by atoms with E-state index in [9.17, 15) is 5.11 Å². The number of fused-ring (bicyclic) bond motifs is 1. The predicted molar refractivity (Wildman–Crippen MR) is 96.7 cm³/mol. The van der Waals surface area contributed by atoms with Crippen LogP contribution in [-0.2, 0) is 0 Å². The summed E-state index contributed by atoms with van der Waals surface area (Å²) >= 11 is 0. The molecule has 0 bridgehead atoms. The number of rotatable bonds is 7. The summed E-state index contributed by atoms with van der Waals surface area (Å²) in [4.78, 5) is 13.4. The van der Waals surface area contributed by atoms with E-state index >= 15 is 0 Å². The molecule has 0 radical (unpaired) electrons. The van der Waals surface area contributed by atoms with E-state index in [0.717, 1.165) is 41.7 Å². The largest absolute Gasteiger partial charge is 0.396 e. The number of benzene rings is 1. The van der Waals surface area contributed by atoms with Gasteiger partial charge in [-0.3, -0.25) is 4.98 Å². The Morgan fingerprint density at radius 2 is 1.88 bits per heavy atom. The Kier molecular flexibility index (Phi) is 5.33. The third-order valence-corrected chi connectivity index (χ3v) is 4.21. The molecule has 3 rings (SSSR count). The van der Waals surface area contributed by atoms with E-state index in [-0.39, 0.29) is 6.61 Å². The molecule has 2 aromatic heterocycles. The van der Waals surface area contributed by atoms with Crippen molar-refractivity contribution in [1.29, 1.82) is 0 Å². The van der Waals surface area contributed by atoms with E-state index in [0.29, 0.717) is 11.7 Å². The first kappa shape index (κ1) is 16.3. The van der Waals surface area contributed by atoms with Crippen molar-refractivity contribution in [2.45, 2.75) is 19.8 Å². The van der Waals surface area contributed by atoms with Gasteiger partial charge in [0.25, 0.3) is 0 Å². The van der Waals surface area contributed by atoms with Crippen LogP contribution < -0.4 is 5.32 Å². The van der Waals surface area contributed by atoms with Crippen LogP contribution in [0.4, 0.5) is 5.82 Å². The lowest BCUT2D eigenvalue weighted by atomic mass is 10.0. The summed E-state index contributed by atoms with van der Waals surface area (Å²) in [6, 6.07) is 11.8. The lowest BCUT2D eigenvalue weighted by molar-refractivity contribution is 0.258. The Bertz CT molecular complexity index is 792. The van der Waals surface area contributed by atoms with E-state index in [1.165, 1.54) is 0 Å². The Morgan fingerprint density at radius 1 is 1.08 bits per heavy atom. The van der Waals surface area contributed by atoms with Crippen LogP contribution in [0.2, 0.25) is 0 Å². The lowest BCUT2D eigenvalue weighted by Crippen LogP contribution is -2.16. The minimum absolute atomic E-state index is 0.215. The van der Waals surface area contributed by atoms with Gasteiger partial charge in [-0.2, -0.15) is 0 Å². The van der Waals surface area contributed by atoms with E-state index in [1.54, 1.807) is 12.4 Å². The van der Waals surface area contributed by atoms with Gasteiger partial charge in [0.05, 0.1) is 5.52 Å². The fourth-order valence-corrected chi connectivity index (χ4v) is 2.72. The lowest BCUT2D eigenvalue weighted by Gasteiger charge is -2.16. The Hall–Kier alpha value is -2.53. The van der Waals surface area contributed by atoms with Crippen molar-refractivity contribution in [3.05, 3.63) is 48.8 Å². The van der Waals surface area contributed by atoms with E-state index in [1.807, 2.05) is 36.4 Å². The summed E-state index contributed by atoms with van der Waals surface area (Å²) in [5, 5.41) is 13.6. The highest BCUT2D eigenvalue weighted by Crippen LogP contribution is 2.25. The molecule has 5 nitrogen and oxygen atoms in total. The van der Waals surface area contributed by atoms with Gasteiger partial charge in [-0.1, -0.05) is 25.5 Å². The van der Waals surface area contributed by atoms with Gasteiger partial charge in [-0.15, -0.1) is 0 Å².